The van der Waals surface area contributed by atoms with Crippen molar-refractivity contribution >= 4 is 29.9 Å². The van der Waals surface area contributed by atoms with Crippen LogP contribution in [0.15, 0.2) is 18.2 Å². The quantitative estimate of drug-likeness (QED) is 0.845. The number of likely N-dealkylation sites (tertiary alicyclic amines) is 1. The molecule has 1 aromatic carbocycles. The van der Waals surface area contributed by atoms with Crippen LogP contribution in [0.1, 0.15) is 24.8 Å². The largest absolute Gasteiger partial charge is 0.483 e. The van der Waals surface area contributed by atoms with Crippen LogP contribution in [0.25, 0.3) is 0 Å². The minimum Gasteiger partial charge on any atom is -0.483 e. The molecular formula is C17H26Cl2N2O2. The fraction of sp³-hybridized carbons (Fsp3) is 0.588. The molecule has 6 heteroatoms. The Kier molecular flexibility index (Phi) is 8.74. The van der Waals surface area contributed by atoms with Crippen LogP contribution < -0.4 is 10.1 Å². The molecule has 23 heavy (non-hydrogen) atoms. The van der Waals surface area contributed by atoms with Crippen molar-refractivity contribution in [2.45, 2.75) is 26.2 Å². The smallest absolute Gasteiger partial charge is 0.260 e. The summed E-state index contributed by atoms with van der Waals surface area (Å²) in [5.74, 6) is 1.53. The van der Waals surface area contributed by atoms with Crippen LogP contribution in [-0.2, 0) is 4.79 Å². The van der Waals surface area contributed by atoms with Gasteiger partial charge in [0.1, 0.15) is 5.75 Å². The van der Waals surface area contributed by atoms with Crippen molar-refractivity contribution in [3.8, 4) is 5.75 Å². The Morgan fingerprint density at radius 1 is 1.39 bits per heavy atom. The number of carbonyl (C=O) groups excluding carboxylic acids is 1. The monoisotopic (exact) mass is 360 g/mol. The third-order valence-corrected chi connectivity index (χ3v) is 4.49. The van der Waals surface area contributed by atoms with Crippen LogP contribution in [-0.4, -0.2) is 44.1 Å². The van der Waals surface area contributed by atoms with E-state index in [1.807, 2.05) is 31.0 Å². The highest BCUT2D eigenvalue weighted by atomic mass is 35.5. The van der Waals surface area contributed by atoms with Crippen molar-refractivity contribution < 1.29 is 9.53 Å². The summed E-state index contributed by atoms with van der Waals surface area (Å²) in [4.78, 5) is 14.2. The molecule has 1 amide bonds. The number of benzene rings is 1. The fourth-order valence-corrected chi connectivity index (χ4v) is 3.05. The van der Waals surface area contributed by atoms with E-state index >= 15 is 0 Å². The van der Waals surface area contributed by atoms with E-state index in [0.717, 1.165) is 49.7 Å². The average Bonchev–Trinajstić information content (AvgIpc) is 2.52. The number of amides is 1. The summed E-state index contributed by atoms with van der Waals surface area (Å²) < 4.78 is 5.64. The maximum absolute atomic E-state index is 12.2. The summed E-state index contributed by atoms with van der Waals surface area (Å²) in [5, 5.41) is 3.87. The van der Waals surface area contributed by atoms with Gasteiger partial charge in [0.2, 0.25) is 0 Å². The van der Waals surface area contributed by atoms with Gasteiger partial charge in [-0.15, -0.1) is 12.4 Å². The SMILES string of the molecule is CNCCC1CCN(C(=O)COc2ccc(Cl)cc2C)CC1.Cl. The Morgan fingerprint density at radius 3 is 2.70 bits per heavy atom. The van der Waals surface area contributed by atoms with Crippen LogP contribution in [0.3, 0.4) is 0 Å². The van der Waals surface area contributed by atoms with Gasteiger partial charge >= 0.3 is 0 Å². The highest BCUT2D eigenvalue weighted by molar-refractivity contribution is 6.30. The summed E-state index contributed by atoms with van der Waals surface area (Å²) >= 11 is 5.92. The minimum absolute atomic E-state index is 0. The molecule has 2 rings (SSSR count). The Balaban J connectivity index is 0.00000264. The van der Waals surface area contributed by atoms with E-state index in [4.69, 9.17) is 16.3 Å². The van der Waals surface area contributed by atoms with Gasteiger partial charge in [-0.05, 0) is 69.5 Å². The van der Waals surface area contributed by atoms with Crippen molar-refractivity contribution in [1.29, 1.82) is 0 Å². The predicted octanol–water partition coefficient (Wildman–Crippen LogP) is 3.30. The lowest BCUT2D eigenvalue weighted by atomic mass is 9.93. The van der Waals surface area contributed by atoms with E-state index in [0.29, 0.717) is 5.02 Å². The first-order valence-corrected chi connectivity index (χ1v) is 8.29. The summed E-state index contributed by atoms with van der Waals surface area (Å²) in [6, 6.07) is 5.44. The zero-order valence-electron chi connectivity index (χ0n) is 13.8. The molecule has 4 nitrogen and oxygen atoms in total. The average molecular weight is 361 g/mol. The summed E-state index contributed by atoms with van der Waals surface area (Å²) in [7, 11) is 1.98. The standard InChI is InChI=1S/C17H25ClN2O2.ClH/c1-13-11-15(18)3-4-16(13)22-12-17(21)20-9-6-14(7-10-20)5-8-19-2;/h3-4,11,14,19H,5-10,12H2,1-2H3;1H. The fourth-order valence-electron chi connectivity index (χ4n) is 2.83. The van der Waals surface area contributed by atoms with Crippen LogP contribution in [0.2, 0.25) is 5.02 Å². The van der Waals surface area contributed by atoms with E-state index < -0.39 is 0 Å². The molecule has 0 aliphatic carbocycles. The topological polar surface area (TPSA) is 41.6 Å². The van der Waals surface area contributed by atoms with Crippen molar-refractivity contribution in [2.24, 2.45) is 5.92 Å². The summed E-state index contributed by atoms with van der Waals surface area (Å²) in [6.07, 6.45) is 3.37. The van der Waals surface area contributed by atoms with Crippen molar-refractivity contribution in [1.82, 2.24) is 10.2 Å². The maximum atomic E-state index is 12.2. The first-order chi connectivity index (χ1) is 10.6. The molecular weight excluding hydrogens is 335 g/mol. The lowest BCUT2D eigenvalue weighted by Gasteiger charge is -2.32. The lowest BCUT2D eigenvalue weighted by molar-refractivity contribution is -0.134. The van der Waals surface area contributed by atoms with Gasteiger partial charge in [0.05, 0.1) is 0 Å². The number of piperidine rings is 1. The molecule has 0 spiro atoms. The van der Waals surface area contributed by atoms with E-state index in [1.165, 1.54) is 6.42 Å². The number of hydrogen-bond donors (Lipinski definition) is 1. The van der Waals surface area contributed by atoms with Crippen LogP contribution in [0.4, 0.5) is 0 Å². The van der Waals surface area contributed by atoms with E-state index in [-0.39, 0.29) is 24.9 Å². The second kappa shape index (κ2) is 10.0. The number of nitrogens with zero attached hydrogens (tertiary/aromatic N) is 1. The predicted molar refractivity (Wildman–Crippen MR) is 96.8 cm³/mol. The lowest BCUT2D eigenvalue weighted by Crippen LogP contribution is -2.41. The molecule has 0 atom stereocenters. The number of nitrogens with one attached hydrogen (secondary N) is 1. The molecule has 1 aliphatic heterocycles. The van der Waals surface area contributed by atoms with Gasteiger partial charge < -0.3 is 15.0 Å². The molecule has 0 unspecified atom stereocenters. The molecule has 130 valence electrons. The Bertz CT molecular complexity index is 503. The normalized spacial score (nSPS) is 15.2. The van der Waals surface area contributed by atoms with Gasteiger partial charge in [-0.25, -0.2) is 0 Å². The Labute approximate surface area is 149 Å². The summed E-state index contributed by atoms with van der Waals surface area (Å²) in [6.45, 7) is 4.77. The summed E-state index contributed by atoms with van der Waals surface area (Å²) in [5.41, 5.74) is 0.950. The molecule has 1 aliphatic rings. The number of ether oxygens (including phenoxy) is 1. The van der Waals surface area contributed by atoms with Gasteiger partial charge in [0.25, 0.3) is 5.91 Å². The second-order valence-electron chi connectivity index (χ2n) is 5.91. The van der Waals surface area contributed by atoms with Crippen LogP contribution >= 0.6 is 24.0 Å². The number of aryl methyl sites for hydroxylation is 1. The van der Waals surface area contributed by atoms with Crippen molar-refractivity contribution in [3.05, 3.63) is 28.8 Å². The molecule has 1 fully saturated rings. The number of carbonyl (C=O) groups is 1. The molecule has 0 saturated carbocycles. The first kappa shape index (κ1) is 20.1. The highest BCUT2D eigenvalue weighted by Crippen LogP contribution is 2.23. The van der Waals surface area contributed by atoms with E-state index in [1.54, 1.807) is 6.07 Å². The molecule has 1 N–H and O–H groups in total. The highest BCUT2D eigenvalue weighted by Gasteiger charge is 2.22. The van der Waals surface area contributed by atoms with Crippen molar-refractivity contribution in [2.75, 3.05) is 33.3 Å². The zero-order chi connectivity index (χ0) is 15.9. The molecule has 1 saturated heterocycles. The van der Waals surface area contributed by atoms with Gasteiger partial charge in [-0.1, -0.05) is 11.6 Å². The van der Waals surface area contributed by atoms with Gasteiger partial charge in [0, 0.05) is 18.1 Å². The number of hydrogen-bond acceptors (Lipinski definition) is 3. The second-order valence-corrected chi connectivity index (χ2v) is 6.35. The molecule has 0 radical (unpaired) electrons. The third kappa shape index (κ3) is 6.21. The minimum atomic E-state index is 0. The Hall–Kier alpha value is -0.970. The molecule has 1 aromatic rings. The molecule has 0 bridgehead atoms. The molecule has 1 heterocycles. The zero-order valence-corrected chi connectivity index (χ0v) is 15.4. The molecule has 0 aromatic heterocycles. The van der Waals surface area contributed by atoms with E-state index in [2.05, 4.69) is 5.32 Å². The van der Waals surface area contributed by atoms with Crippen LogP contribution in [0.5, 0.6) is 5.75 Å². The number of halogens is 2. The van der Waals surface area contributed by atoms with Gasteiger partial charge in [-0.2, -0.15) is 0 Å². The third-order valence-electron chi connectivity index (χ3n) is 4.26. The van der Waals surface area contributed by atoms with Crippen molar-refractivity contribution in [3.63, 3.8) is 0 Å². The Morgan fingerprint density at radius 2 is 2.09 bits per heavy atom. The van der Waals surface area contributed by atoms with Crippen LogP contribution in [0, 0.1) is 12.8 Å². The van der Waals surface area contributed by atoms with E-state index in [9.17, 15) is 4.79 Å². The first-order valence-electron chi connectivity index (χ1n) is 7.91. The number of rotatable bonds is 6. The maximum Gasteiger partial charge on any atom is 0.260 e. The van der Waals surface area contributed by atoms with Gasteiger partial charge in [0.15, 0.2) is 6.61 Å². The van der Waals surface area contributed by atoms with Gasteiger partial charge in [-0.3, -0.25) is 4.79 Å².